The summed E-state index contributed by atoms with van der Waals surface area (Å²) in [6, 6.07) is 13.1. The highest BCUT2D eigenvalue weighted by atomic mass is 16.3. The monoisotopic (exact) mass is 268 g/mol. The fraction of sp³-hybridized carbons (Fsp3) is 0.188. The summed E-state index contributed by atoms with van der Waals surface area (Å²) in [6.45, 7) is 0.566. The Balaban J connectivity index is 2.46. The van der Waals surface area contributed by atoms with Gasteiger partial charge in [0.05, 0.1) is 5.52 Å². The van der Waals surface area contributed by atoms with E-state index in [1.165, 1.54) is 0 Å². The number of anilines is 1. The Morgan fingerprint density at radius 1 is 1.05 bits per heavy atom. The van der Waals surface area contributed by atoms with Crippen LogP contribution in [0.15, 0.2) is 47.3 Å². The molecule has 4 nitrogen and oxygen atoms in total. The molecule has 0 fully saturated rings. The number of nitrogens with zero attached hydrogens (tertiary/aromatic N) is 1. The maximum atomic E-state index is 12.6. The smallest absolute Gasteiger partial charge is 0.258 e. The minimum absolute atomic E-state index is 0.0219. The van der Waals surface area contributed by atoms with Crippen LogP contribution in [0.25, 0.3) is 21.7 Å². The number of aryl methyl sites for hydroxylation is 1. The van der Waals surface area contributed by atoms with Crippen molar-refractivity contribution in [1.29, 1.82) is 0 Å². The van der Waals surface area contributed by atoms with Crippen molar-refractivity contribution in [2.75, 3.05) is 12.3 Å². The molecule has 0 atom stereocenters. The van der Waals surface area contributed by atoms with E-state index in [2.05, 4.69) is 0 Å². The van der Waals surface area contributed by atoms with Crippen LogP contribution in [0, 0.1) is 0 Å². The first-order valence-corrected chi connectivity index (χ1v) is 6.64. The van der Waals surface area contributed by atoms with Crippen LogP contribution in [0.3, 0.4) is 0 Å². The van der Waals surface area contributed by atoms with E-state index in [1.54, 1.807) is 10.6 Å². The second-order valence-electron chi connectivity index (χ2n) is 4.86. The van der Waals surface area contributed by atoms with Gasteiger partial charge >= 0.3 is 0 Å². The summed E-state index contributed by atoms with van der Waals surface area (Å²) in [5, 5.41) is 11.6. The van der Waals surface area contributed by atoms with E-state index in [1.807, 2.05) is 36.4 Å². The molecule has 1 heterocycles. The first-order valence-electron chi connectivity index (χ1n) is 6.64. The number of pyridine rings is 1. The Morgan fingerprint density at radius 3 is 2.55 bits per heavy atom. The number of hydrogen-bond acceptors (Lipinski definition) is 3. The number of fused-ring (bicyclic) bond motifs is 3. The van der Waals surface area contributed by atoms with Crippen LogP contribution in [-0.2, 0) is 6.54 Å². The fourth-order valence-electron chi connectivity index (χ4n) is 2.61. The minimum Gasteiger partial charge on any atom is -0.399 e. The van der Waals surface area contributed by atoms with Crippen molar-refractivity contribution in [3.05, 3.63) is 52.8 Å². The van der Waals surface area contributed by atoms with Gasteiger partial charge in [0.15, 0.2) is 0 Å². The van der Waals surface area contributed by atoms with Crippen LogP contribution in [-0.4, -0.2) is 16.3 Å². The second-order valence-corrected chi connectivity index (χ2v) is 4.86. The van der Waals surface area contributed by atoms with Gasteiger partial charge in [-0.05, 0) is 36.1 Å². The molecule has 0 amide bonds. The molecule has 3 rings (SSSR count). The molecule has 3 aromatic rings. The molecule has 3 N–H and O–H groups in total. The summed E-state index contributed by atoms with van der Waals surface area (Å²) in [4.78, 5) is 12.6. The van der Waals surface area contributed by atoms with E-state index in [9.17, 15) is 4.79 Å². The fourth-order valence-corrected chi connectivity index (χ4v) is 2.61. The number of aromatic nitrogens is 1. The van der Waals surface area contributed by atoms with Gasteiger partial charge in [0, 0.05) is 29.6 Å². The maximum absolute atomic E-state index is 12.6. The molecule has 0 saturated heterocycles. The summed E-state index contributed by atoms with van der Waals surface area (Å²) >= 11 is 0. The van der Waals surface area contributed by atoms with E-state index in [4.69, 9.17) is 10.8 Å². The molecule has 0 spiro atoms. The maximum Gasteiger partial charge on any atom is 0.258 e. The molecule has 0 aliphatic rings. The molecule has 0 radical (unpaired) electrons. The first kappa shape index (κ1) is 12.7. The summed E-state index contributed by atoms with van der Waals surface area (Å²) in [5.74, 6) is 0. The van der Waals surface area contributed by atoms with Gasteiger partial charge in [-0.3, -0.25) is 4.79 Å². The van der Waals surface area contributed by atoms with Crippen LogP contribution in [0.2, 0.25) is 0 Å². The Labute approximate surface area is 116 Å². The van der Waals surface area contributed by atoms with Crippen LogP contribution in [0.5, 0.6) is 0 Å². The zero-order valence-corrected chi connectivity index (χ0v) is 11.0. The van der Waals surface area contributed by atoms with Crippen LogP contribution >= 0.6 is 0 Å². The van der Waals surface area contributed by atoms with Gasteiger partial charge in [-0.2, -0.15) is 0 Å². The number of nitrogens with two attached hydrogens (primary N) is 1. The van der Waals surface area contributed by atoms with Gasteiger partial charge < -0.3 is 15.4 Å². The lowest BCUT2D eigenvalue weighted by Crippen LogP contribution is -2.21. The predicted molar refractivity (Wildman–Crippen MR) is 81.8 cm³/mol. The standard InChI is InChI=1S/C16H16N2O2/c17-11-6-7-15-14(10-11)12-4-1-2-5-13(12)16(20)18(15)8-3-9-19/h1-2,4-7,10,19H,3,8-9,17H2. The highest BCUT2D eigenvalue weighted by Crippen LogP contribution is 2.24. The number of benzene rings is 2. The molecule has 2 aromatic carbocycles. The van der Waals surface area contributed by atoms with Crippen molar-refractivity contribution in [2.24, 2.45) is 0 Å². The van der Waals surface area contributed by atoms with Crippen molar-refractivity contribution in [3.8, 4) is 0 Å². The molecule has 0 aliphatic heterocycles. The first-order chi connectivity index (χ1) is 9.72. The van der Waals surface area contributed by atoms with Crippen LogP contribution in [0.1, 0.15) is 6.42 Å². The topological polar surface area (TPSA) is 68.2 Å². The van der Waals surface area contributed by atoms with Gasteiger partial charge in [-0.15, -0.1) is 0 Å². The van der Waals surface area contributed by atoms with Gasteiger partial charge in [0.25, 0.3) is 5.56 Å². The van der Waals surface area contributed by atoms with Gasteiger partial charge in [0.2, 0.25) is 0 Å². The minimum atomic E-state index is -0.0219. The molecular weight excluding hydrogens is 252 g/mol. The highest BCUT2D eigenvalue weighted by molar-refractivity contribution is 6.06. The molecule has 0 bridgehead atoms. The normalized spacial score (nSPS) is 11.2. The Bertz CT molecular complexity index is 837. The third kappa shape index (κ3) is 1.94. The molecule has 102 valence electrons. The third-order valence-corrected chi connectivity index (χ3v) is 3.54. The average molecular weight is 268 g/mol. The lowest BCUT2D eigenvalue weighted by atomic mass is 10.1. The molecule has 20 heavy (non-hydrogen) atoms. The van der Waals surface area contributed by atoms with E-state index in [0.717, 1.165) is 16.3 Å². The van der Waals surface area contributed by atoms with Crippen molar-refractivity contribution in [2.45, 2.75) is 13.0 Å². The molecule has 0 saturated carbocycles. The largest absolute Gasteiger partial charge is 0.399 e. The van der Waals surface area contributed by atoms with Crippen molar-refractivity contribution >= 4 is 27.4 Å². The molecule has 0 aliphatic carbocycles. The van der Waals surface area contributed by atoms with Crippen molar-refractivity contribution in [3.63, 3.8) is 0 Å². The van der Waals surface area contributed by atoms with Gasteiger partial charge in [-0.25, -0.2) is 0 Å². The second kappa shape index (κ2) is 4.98. The zero-order chi connectivity index (χ0) is 14.1. The zero-order valence-electron chi connectivity index (χ0n) is 11.0. The number of aliphatic hydroxyl groups excluding tert-OH is 1. The number of hydrogen-bond donors (Lipinski definition) is 2. The summed E-state index contributed by atoms with van der Waals surface area (Å²) in [6.07, 6.45) is 0.553. The lowest BCUT2D eigenvalue weighted by molar-refractivity contribution is 0.280. The van der Waals surface area contributed by atoms with E-state index in [0.29, 0.717) is 24.0 Å². The van der Waals surface area contributed by atoms with Crippen molar-refractivity contribution in [1.82, 2.24) is 4.57 Å². The quantitative estimate of drug-likeness (QED) is 0.564. The highest BCUT2D eigenvalue weighted by Gasteiger charge is 2.10. The molecular formula is C16H16N2O2. The summed E-state index contributed by atoms with van der Waals surface area (Å²) in [7, 11) is 0. The van der Waals surface area contributed by atoms with Gasteiger partial charge in [0.1, 0.15) is 0 Å². The SMILES string of the molecule is Nc1ccc2c(c1)c1ccccc1c(=O)n2CCCO. The molecule has 4 heteroatoms. The third-order valence-electron chi connectivity index (χ3n) is 3.54. The van der Waals surface area contributed by atoms with E-state index >= 15 is 0 Å². The predicted octanol–water partition coefficient (Wildman–Crippen LogP) is 2.12. The number of nitrogen functional groups attached to an aromatic ring is 1. The van der Waals surface area contributed by atoms with Crippen molar-refractivity contribution < 1.29 is 5.11 Å². The number of aliphatic hydroxyl groups is 1. The average Bonchev–Trinajstić information content (AvgIpc) is 2.48. The summed E-state index contributed by atoms with van der Waals surface area (Å²) in [5.41, 5.74) is 7.39. The van der Waals surface area contributed by atoms with E-state index < -0.39 is 0 Å². The number of rotatable bonds is 3. The van der Waals surface area contributed by atoms with Gasteiger partial charge in [-0.1, -0.05) is 18.2 Å². The Kier molecular flexibility index (Phi) is 3.16. The van der Waals surface area contributed by atoms with Crippen LogP contribution in [0.4, 0.5) is 5.69 Å². The molecule has 1 aromatic heterocycles. The van der Waals surface area contributed by atoms with E-state index in [-0.39, 0.29) is 12.2 Å². The summed E-state index contributed by atoms with van der Waals surface area (Å²) < 4.78 is 1.72. The Morgan fingerprint density at radius 2 is 1.80 bits per heavy atom. The van der Waals surface area contributed by atoms with Crippen LogP contribution < -0.4 is 11.3 Å². The Hall–Kier alpha value is -2.33. The molecule has 0 unspecified atom stereocenters. The lowest BCUT2D eigenvalue weighted by Gasteiger charge is -2.13.